The molecule has 1 atom stereocenters. The number of anilines is 1. The molecular weight excluding hydrogens is 426 g/mol. The van der Waals surface area contributed by atoms with E-state index in [-0.39, 0.29) is 23.2 Å². The summed E-state index contributed by atoms with van der Waals surface area (Å²) < 4.78 is 25.8. The van der Waals surface area contributed by atoms with Crippen LogP contribution in [0.2, 0.25) is 5.02 Å². The van der Waals surface area contributed by atoms with E-state index >= 15 is 0 Å². The molecular formula is C21H26ClN3O4S. The summed E-state index contributed by atoms with van der Waals surface area (Å²) in [6.07, 6.45) is 1.01. The molecule has 0 bridgehead atoms. The molecule has 7 nitrogen and oxygen atoms in total. The van der Waals surface area contributed by atoms with Crippen LogP contribution in [0.1, 0.15) is 18.1 Å². The fourth-order valence-corrected chi connectivity index (χ4v) is 4.16. The Labute approximate surface area is 182 Å². The van der Waals surface area contributed by atoms with Crippen LogP contribution in [0.25, 0.3) is 0 Å². The number of nitrogens with zero attached hydrogens (tertiary/aromatic N) is 2. The Bertz CT molecular complexity index is 1030. The zero-order chi connectivity index (χ0) is 22.5. The Morgan fingerprint density at radius 3 is 2.27 bits per heavy atom. The van der Waals surface area contributed by atoms with Crippen LogP contribution < -0.4 is 9.62 Å². The van der Waals surface area contributed by atoms with Crippen molar-refractivity contribution in [3.63, 3.8) is 0 Å². The van der Waals surface area contributed by atoms with Gasteiger partial charge in [0.2, 0.25) is 21.8 Å². The third-order valence-corrected chi connectivity index (χ3v) is 6.26. The zero-order valence-electron chi connectivity index (χ0n) is 17.4. The van der Waals surface area contributed by atoms with Gasteiger partial charge < -0.3 is 10.2 Å². The Kier molecular flexibility index (Phi) is 7.86. The van der Waals surface area contributed by atoms with Gasteiger partial charge in [-0.3, -0.25) is 13.9 Å². The van der Waals surface area contributed by atoms with Crippen molar-refractivity contribution < 1.29 is 18.0 Å². The third kappa shape index (κ3) is 5.73. The van der Waals surface area contributed by atoms with Crippen molar-refractivity contribution in [2.24, 2.45) is 0 Å². The SMILES string of the molecule is CNC(=O)[C@H](C)N(Cc1ccccc1C)C(=O)CN(c1ccccc1Cl)S(C)(=O)=O. The fraction of sp³-hybridized carbons (Fsp3) is 0.333. The molecule has 0 saturated heterocycles. The molecule has 0 heterocycles. The van der Waals surface area contributed by atoms with Crippen LogP contribution >= 0.6 is 11.6 Å². The molecule has 30 heavy (non-hydrogen) atoms. The molecule has 0 unspecified atom stereocenters. The minimum atomic E-state index is -3.80. The average molecular weight is 452 g/mol. The molecule has 0 fully saturated rings. The number of sulfonamides is 1. The molecule has 2 amide bonds. The lowest BCUT2D eigenvalue weighted by Gasteiger charge is -2.31. The number of carbonyl (C=O) groups is 2. The second kappa shape index (κ2) is 9.95. The minimum absolute atomic E-state index is 0.167. The Balaban J connectivity index is 2.41. The first kappa shape index (κ1) is 23.7. The van der Waals surface area contributed by atoms with Crippen LogP contribution in [0.4, 0.5) is 5.69 Å². The van der Waals surface area contributed by atoms with Crippen LogP contribution in [0.15, 0.2) is 48.5 Å². The van der Waals surface area contributed by atoms with E-state index in [1.54, 1.807) is 25.1 Å². The van der Waals surface area contributed by atoms with Gasteiger partial charge in [-0.05, 0) is 37.1 Å². The Morgan fingerprint density at radius 1 is 1.10 bits per heavy atom. The van der Waals surface area contributed by atoms with Crippen molar-refractivity contribution in [2.45, 2.75) is 26.4 Å². The van der Waals surface area contributed by atoms with Crippen molar-refractivity contribution in [3.8, 4) is 0 Å². The number of likely N-dealkylation sites (N-methyl/N-ethyl adjacent to an activating group) is 1. The molecule has 0 spiro atoms. The monoisotopic (exact) mass is 451 g/mol. The van der Waals surface area contributed by atoms with E-state index in [0.29, 0.717) is 0 Å². The second-order valence-corrected chi connectivity index (χ2v) is 9.27. The van der Waals surface area contributed by atoms with Gasteiger partial charge in [0.1, 0.15) is 12.6 Å². The molecule has 1 N–H and O–H groups in total. The second-order valence-electron chi connectivity index (χ2n) is 6.96. The lowest BCUT2D eigenvalue weighted by Crippen LogP contribution is -2.50. The van der Waals surface area contributed by atoms with Gasteiger partial charge in [0, 0.05) is 13.6 Å². The van der Waals surface area contributed by atoms with Gasteiger partial charge in [-0.25, -0.2) is 8.42 Å². The summed E-state index contributed by atoms with van der Waals surface area (Å²) in [4.78, 5) is 26.9. The van der Waals surface area contributed by atoms with E-state index < -0.39 is 28.5 Å². The maximum atomic E-state index is 13.3. The molecule has 0 saturated carbocycles. The number of amides is 2. The van der Waals surface area contributed by atoms with E-state index in [2.05, 4.69) is 5.32 Å². The van der Waals surface area contributed by atoms with E-state index in [4.69, 9.17) is 11.6 Å². The number of carbonyl (C=O) groups excluding carboxylic acids is 2. The van der Waals surface area contributed by atoms with Gasteiger partial charge in [-0.1, -0.05) is 48.0 Å². The Morgan fingerprint density at radius 2 is 1.70 bits per heavy atom. The number of hydrogen-bond acceptors (Lipinski definition) is 4. The smallest absolute Gasteiger partial charge is 0.244 e. The van der Waals surface area contributed by atoms with Crippen molar-refractivity contribution >= 4 is 39.1 Å². The number of aryl methyl sites for hydroxylation is 1. The van der Waals surface area contributed by atoms with Gasteiger partial charge in [0.15, 0.2) is 0 Å². The van der Waals surface area contributed by atoms with Crippen molar-refractivity contribution in [2.75, 3.05) is 24.2 Å². The summed E-state index contributed by atoms with van der Waals surface area (Å²) in [7, 11) is -2.31. The molecule has 2 aromatic rings. The summed E-state index contributed by atoms with van der Waals surface area (Å²) >= 11 is 6.18. The molecule has 2 rings (SSSR count). The molecule has 0 aliphatic heterocycles. The fourth-order valence-electron chi connectivity index (χ4n) is 3.01. The highest BCUT2D eigenvalue weighted by Crippen LogP contribution is 2.27. The van der Waals surface area contributed by atoms with E-state index in [9.17, 15) is 18.0 Å². The largest absolute Gasteiger partial charge is 0.357 e. The van der Waals surface area contributed by atoms with Gasteiger partial charge >= 0.3 is 0 Å². The summed E-state index contributed by atoms with van der Waals surface area (Å²) in [6.45, 7) is 3.21. The van der Waals surface area contributed by atoms with Crippen molar-refractivity contribution in [3.05, 3.63) is 64.7 Å². The summed E-state index contributed by atoms with van der Waals surface area (Å²) in [5, 5.41) is 2.75. The maximum Gasteiger partial charge on any atom is 0.244 e. The van der Waals surface area contributed by atoms with Gasteiger partial charge in [-0.15, -0.1) is 0 Å². The molecule has 0 radical (unpaired) electrons. The average Bonchev–Trinajstić information content (AvgIpc) is 2.70. The van der Waals surface area contributed by atoms with Crippen molar-refractivity contribution in [1.29, 1.82) is 0 Å². The predicted molar refractivity (Wildman–Crippen MR) is 119 cm³/mol. The van der Waals surface area contributed by atoms with Crippen LogP contribution in [0.3, 0.4) is 0 Å². The summed E-state index contributed by atoms with van der Waals surface area (Å²) in [5.41, 5.74) is 2.04. The lowest BCUT2D eigenvalue weighted by molar-refractivity contribution is -0.139. The van der Waals surface area contributed by atoms with Gasteiger partial charge in [0.25, 0.3) is 0 Å². The molecule has 0 aliphatic carbocycles. The first-order valence-corrected chi connectivity index (χ1v) is 11.6. The zero-order valence-corrected chi connectivity index (χ0v) is 19.0. The van der Waals surface area contributed by atoms with Gasteiger partial charge in [0.05, 0.1) is 17.0 Å². The minimum Gasteiger partial charge on any atom is -0.357 e. The number of rotatable bonds is 8. The molecule has 2 aromatic carbocycles. The van der Waals surface area contributed by atoms with Crippen LogP contribution in [0.5, 0.6) is 0 Å². The van der Waals surface area contributed by atoms with Crippen molar-refractivity contribution in [1.82, 2.24) is 10.2 Å². The quantitative estimate of drug-likeness (QED) is 0.668. The van der Waals surface area contributed by atoms with Crippen LogP contribution in [0, 0.1) is 6.92 Å². The highest BCUT2D eigenvalue weighted by atomic mass is 35.5. The standard InChI is InChI=1S/C21H26ClN3O4S/c1-15-9-5-6-10-17(15)13-24(16(2)21(27)23-3)20(26)14-25(30(4,28)29)19-12-8-7-11-18(19)22/h5-12,16H,13-14H2,1-4H3,(H,23,27)/t16-/m0/s1. The lowest BCUT2D eigenvalue weighted by atomic mass is 10.1. The normalized spacial score (nSPS) is 12.2. The first-order valence-electron chi connectivity index (χ1n) is 9.34. The summed E-state index contributed by atoms with van der Waals surface area (Å²) in [5.74, 6) is -0.861. The predicted octanol–water partition coefficient (Wildman–Crippen LogP) is 2.58. The summed E-state index contributed by atoms with van der Waals surface area (Å²) in [6, 6.07) is 13.1. The van der Waals surface area contributed by atoms with E-state index in [1.807, 2.05) is 31.2 Å². The van der Waals surface area contributed by atoms with Crippen LogP contribution in [-0.2, 0) is 26.2 Å². The number of benzene rings is 2. The maximum absolute atomic E-state index is 13.3. The third-order valence-electron chi connectivity index (χ3n) is 4.82. The number of nitrogens with one attached hydrogen (secondary N) is 1. The molecule has 0 aromatic heterocycles. The molecule has 9 heteroatoms. The molecule has 0 aliphatic rings. The van der Waals surface area contributed by atoms with E-state index in [0.717, 1.165) is 21.7 Å². The van der Waals surface area contributed by atoms with E-state index in [1.165, 1.54) is 18.0 Å². The topological polar surface area (TPSA) is 86.8 Å². The Hall–Kier alpha value is -2.58. The first-order chi connectivity index (χ1) is 14.1. The number of hydrogen-bond donors (Lipinski definition) is 1. The van der Waals surface area contributed by atoms with Gasteiger partial charge in [-0.2, -0.15) is 0 Å². The highest BCUT2D eigenvalue weighted by Gasteiger charge is 2.30. The number of halogens is 1. The number of para-hydroxylation sites is 1. The van der Waals surface area contributed by atoms with Crippen LogP contribution in [-0.4, -0.2) is 51.0 Å². The highest BCUT2D eigenvalue weighted by molar-refractivity contribution is 7.92. The molecule has 162 valence electrons.